The van der Waals surface area contributed by atoms with Crippen LogP contribution in [0.4, 0.5) is 4.79 Å². The van der Waals surface area contributed by atoms with E-state index in [1.807, 2.05) is 0 Å². The lowest BCUT2D eigenvalue weighted by Crippen LogP contribution is -2.12. The molecule has 2 aliphatic heterocycles. The number of epoxide rings is 2. The van der Waals surface area contributed by atoms with Gasteiger partial charge in [0.15, 0.2) is 0 Å². The Hall–Kier alpha value is -0.940. The van der Waals surface area contributed by atoms with E-state index in [1.165, 1.54) is 0 Å². The summed E-state index contributed by atoms with van der Waals surface area (Å²) in [6, 6.07) is -0.636. The number of nitrogens with two attached hydrogens (primary N) is 1. The lowest BCUT2D eigenvalue weighted by atomic mass is 9.99. The van der Waals surface area contributed by atoms with Crippen LogP contribution >= 0.6 is 0 Å². The average molecular weight is 198 g/mol. The predicted octanol–water partition coefficient (Wildman–Crippen LogP) is 0.330. The topological polar surface area (TPSA) is 80.5 Å². The van der Waals surface area contributed by atoms with Gasteiger partial charge in [0.2, 0.25) is 0 Å². The van der Waals surface area contributed by atoms with Gasteiger partial charge in [-0.25, -0.2) is 9.79 Å². The lowest BCUT2D eigenvalue weighted by Gasteiger charge is -2.07. The Bertz CT molecular complexity index is 232. The molecule has 0 saturated carbocycles. The summed E-state index contributed by atoms with van der Waals surface area (Å²) >= 11 is 0. The molecule has 14 heavy (non-hydrogen) atoms. The van der Waals surface area contributed by atoms with Crippen molar-refractivity contribution < 1.29 is 14.3 Å². The zero-order chi connectivity index (χ0) is 9.97. The zero-order valence-corrected chi connectivity index (χ0v) is 7.89. The third-order valence-corrected chi connectivity index (χ3v) is 2.35. The fraction of sp³-hybridized carbons (Fsp3) is 0.778. The minimum absolute atomic E-state index is 0.252. The molecule has 2 N–H and O–H groups in total. The van der Waals surface area contributed by atoms with E-state index >= 15 is 0 Å². The maximum absolute atomic E-state index is 10.5. The summed E-state index contributed by atoms with van der Waals surface area (Å²) in [6.07, 6.45) is 4.15. The maximum atomic E-state index is 10.5. The van der Waals surface area contributed by atoms with Crippen LogP contribution in [0.1, 0.15) is 12.8 Å². The van der Waals surface area contributed by atoms with Gasteiger partial charge in [-0.2, -0.15) is 0 Å². The van der Waals surface area contributed by atoms with Gasteiger partial charge in [0.1, 0.15) is 0 Å². The first-order valence-corrected chi connectivity index (χ1v) is 4.81. The second-order valence-corrected chi connectivity index (χ2v) is 3.76. The van der Waals surface area contributed by atoms with Gasteiger partial charge in [-0.1, -0.05) is 0 Å². The molecule has 78 valence electrons. The van der Waals surface area contributed by atoms with Crippen molar-refractivity contribution in [2.75, 3.05) is 13.2 Å². The molecule has 0 radical (unpaired) electrons. The van der Waals surface area contributed by atoms with E-state index in [-0.39, 0.29) is 5.92 Å². The van der Waals surface area contributed by atoms with Crippen LogP contribution in [0.3, 0.4) is 0 Å². The van der Waals surface area contributed by atoms with Crippen LogP contribution in [-0.4, -0.2) is 37.7 Å². The molecule has 0 aromatic heterocycles. The monoisotopic (exact) mass is 198 g/mol. The molecule has 0 aromatic carbocycles. The van der Waals surface area contributed by atoms with Crippen LogP contribution < -0.4 is 5.73 Å². The molecule has 2 amide bonds. The number of hydrogen-bond donors (Lipinski definition) is 1. The highest BCUT2D eigenvalue weighted by Crippen LogP contribution is 2.26. The van der Waals surface area contributed by atoms with Gasteiger partial charge < -0.3 is 15.2 Å². The standard InChI is InChI=1S/C9H14N2O3/c10-9(12)11-3-6(1-7-4-13-7)2-8-5-14-8/h3,6-8H,1-2,4-5H2,(H2,10,12). The number of rotatable bonds is 5. The largest absolute Gasteiger partial charge is 0.373 e. The van der Waals surface area contributed by atoms with E-state index in [0.29, 0.717) is 12.2 Å². The highest BCUT2D eigenvalue weighted by Gasteiger charge is 2.31. The minimum atomic E-state index is -0.636. The molecule has 2 atom stereocenters. The number of ether oxygens (including phenoxy) is 2. The second-order valence-electron chi connectivity index (χ2n) is 3.76. The van der Waals surface area contributed by atoms with Gasteiger partial charge in [0.05, 0.1) is 25.4 Å². The number of aliphatic imine (C=N–C) groups is 1. The average Bonchev–Trinajstić information content (AvgIpc) is 2.93. The van der Waals surface area contributed by atoms with Gasteiger partial charge in [0, 0.05) is 6.21 Å². The van der Waals surface area contributed by atoms with Gasteiger partial charge in [0.25, 0.3) is 0 Å². The van der Waals surface area contributed by atoms with Crippen LogP contribution in [0.25, 0.3) is 0 Å². The number of hydrogen-bond acceptors (Lipinski definition) is 3. The first kappa shape index (κ1) is 9.61. The normalized spacial score (nSPS) is 31.7. The Balaban J connectivity index is 1.79. The quantitative estimate of drug-likeness (QED) is 0.510. The molecule has 2 aliphatic rings. The molecule has 0 aromatic rings. The zero-order valence-electron chi connectivity index (χ0n) is 7.89. The fourth-order valence-electron chi connectivity index (χ4n) is 1.48. The Labute approximate surface area is 82.3 Å². The fourth-order valence-corrected chi connectivity index (χ4v) is 1.48. The molecular formula is C9H14N2O3. The van der Waals surface area contributed by atoms with Crippen LogP contribution in [0.5, 0.6) is 0 Å². The number of carbonyl (C=O) groups excluding carboxylic acids is 1. The number of amides is 2. The SMILES string of the molecule is NC(=O)N=CC(CC1CO1)CC1CO1. The third kappa shape index (κ3) is 3.43. The highest BCUT2D eigenvalue weighted by atomic mass is 16.6. The number of carbonyl (C=O) groups is 1. The van der Waals surface area contributed by atoms with Crippen molar-refractivity contribution in [2.45, 2.75) is 25.0 Å². The van der Waals surface area contributed by atoms with Crippen molar-refractivity contribution in [1.82, 2.24) is 0 Å². The molecule has 5 heteroatoms. The molecule has 2 unspecified atom stereocenters. The molecule has 2 rings (SSSR count). The van der Waals surface area contributed by atoms with E-state index in [2.05, 4.69) is 4.99 Å². The summed E-state index contributed by atoms with van der Waals surface area (Å²) in [7, 11) is 0. The summed E-state index contributed by atoms with van der Waals surface area (Å²) in [6.45, 7) is 1.65. The Kier molecular flexibility index (Phi) is 2.79. The first-order chi connectivity index (χ1) is 6.74. The molecular weight excluding hydrogens is 184 g/mol. The predicted molar refractivity (Wildman–Crippen MR) is 50.3 cm³/mol. The summed E-state index contributed by atoms with van der Waals surface area (Å²) in [4.78, 5) is 14.1. The number of urea groups is 1. The van der Waals surface area contributed by atoms with Crippen molar-refractivity contribution in [3.05, 3.63) is 0 Å². The van der Waals surface area contributed by atoms with E-state index in [9.17, 15) is 4.79 Å². The van der Waals surface area contributed by atoms with Gasteiger partial charge in [-0.15, -0.1) is 0 Å². The molecule has 2 saturated heterocycles. The Morgan fingerprint density at radius 2 is 1.93 bits per heavy atom. The second kappa shape index (κ2) is 4.06. The van der Waals surface area contributed by atoms with Gasteiger partial charge in [-0.05, 0) is 18.8 Å². The Morgan fingerprint density at radius 3 is 2.29 bits per heavy atom. The van der Waals surface area contributed by atoms with Crippen LogP contribution in [0.15, 0.2) is 4.99 Å². The van der Waals surface area contributed by atoms with Crippen molar-refractivity contribution in [2.24, 2.45) is 16.6 Å². The van der Waals surface area contributed by atoms with Crippen LogP contribution in [0.2, 0.25) is 0 Å². The number of nitrogens with zero attached hydrogens (tertiary/aromatic N) is 1. The molecule has 0 spiro atoms. The van der Waals surface area contributed by atoms with Crippen molar-refractivity contribution >= 4 is 12.2 Å². The third-order valence-electron chi connectivity index (χ3n) is 2.35. The summed E-state index contributed by atoms with van der Waals surface area (Å²) in [5.41, 5.74) is 4.93. The van der Waals surface area contributed by atoms with Crippen molar-refractivity contribution in [3.63, 3.8) is 0 Å². The molecule has 0 aliphatic carbocycles. The highest BCUT2D eigenvalue weighted by molar-refractivity contribution is 5.82. The molecule has 2 heterocycles. The van der Waals surface area contributed by atoms with Gasteiger partial charge >= 0.3 is 6.03 Å². The van der Waals surface area contributed by atoms with Crippen molar-refractivity contribution in [1.29, 1.82) is 0 Å². The first-order valence-electron chi connectivity index (χ1n) is 4.81. The molecule has 0 bridgehead atoms. The summed E-state index contributed by atoms with van der Waals surface area (Å²) < 4.78 is 10.3. The molecule has 2 fully saturated rings. The van der Waals surface area contributed by atoms with Crippen LogP contribution in [-0.2, 0) is 9.47 Å². The van der Waals surface area contributed by atoms with E-state index < -0.39 is 6.03 Å². The number of primary amides is 1. The van der Waals surface area contributed by atoms with E-state index in [0.717, 1.165) is 26.1 Å². The summed E-state index contributed by atoms with van der Waals surface area (Å²) in [5.74, 6) is 0.252. The van der Waals surface area contributed by atoms with E-state index in [1.54, 1.807) is 6.21 Å². The maximum Gasteiger partial charge on any atom is 0.337 e. The van der Waals surface area contributed by atoms with Crippen molar-refractivity contribution in [3.8, 4) is 0 Å². The lowest BCUT2D eigenvalue weighted by molar-refractivity contribution is 0.256. The van der Waals surface area contributed by atoms with Gasteiger partial charge in [-0.3, -0.25) is 0 Å². The van der Waals surface area contributed by atoms with Crippen LogP contribution in [0, 0.1) is 5.92 Å². The van der Waals surface area contributed by atoms with E-state index in [4.69, 9.17) is 15.2 Å². The summed E-state index contributed by atoms with van der Waals surface area (Å²) in [5, 5.41) is 0. The Morgan fingerprint density at radius 1 is 1.43 bits per heavy atom. The molecule has 5 nitrogen and oxygen atoms in total. The smallest absolute Gasteiger partial charge is 0.337 e. The minimum Gasteiger partial charge on any atom is -0.373 e.